The Bertz CT molecular complexity index is 1210. The number of benzene rings is 2. The molecule has 1 fully saturated rings. The molecule has 0 bridgehead atoms. The van der Waals surface area contributed by atoms with Crippen LogP contribution in [0.3, 0.4) is 0 Å². The molecule has 1 N–H and O–H groups in total. The van der Waals surface area contributed by atoms with E-state index in [9.17, 15) is 18.0 Å². The highest BCUT2D eigenvalue weighted by Crippen LogP contribution is 2.43. The summed E-state index contributed by atoms with van der Waals surface area (Å²) in [5.74, 6) is 0.489. The Labute approximate surface area is 196 Å². The smallest absolute Gasteiger partial charge is 0.416 e. The number of ether oxygens (including phenoxy) is 2. The van der Waals surface area contributed by atoms with Gasteiger partial charge in [0.1, 0.15) is 12.4 Å². The van der Waals surface area contributed by atoms with Crippen LogP contribution in [-0.2, 0) is 28.7 Å². The molecule has 0 saturated heterocycles. The molecule has 2 aromatic carbocycles. The van der Waals surface area contributed by atoms with Gasteiger partial charge in [-0.1, -0.05) is 25.0 Å². The van der Waals surface area contributed by atoms with Gasteiger partial charge >= 0.3 is 12.1 Å². The van der Waals surface area contributed by atoms with Crippen LogP contribution in [0.4, 0.5) is 13.2 Å². The SMILES string of the molecule is COC(=O)C[C@H]1CCc2c1[nH]c1ccc(OCc3ccc(C4CCCC4)c(C(F)(F)F)c3)cc21. The first-order valence-corrected chi connectivity index (χ1v) is 11.9. The van der Waals surface area contributed by atoms with Gasteiger partial charge < -0.3 is 14.5 Å². The van der Waals surface area contributed by atoms with E-state index in [0.29, 0.717) is 23.3 Å². The number of H-pyrrole nitrogens is 1. The van der Waals surface area contributed by atoms with Crippen LogP contribution in [0.1, 0.15) is 78.3 Å². The lowest BCUT2D eigenvalue weighted by Gasteiger charge is -2.19. The summed E-state index contributed by atoms with van der Waals surface area (Å²) < 4.78 is 52.0. The van der Waals surface area contributed by atoms with Crippen LogP contribution in [0.15, 0.2) is 36.4 Å². The molecule has 0 radical (unpaired) electrons. The highest BCUT2D eigenvalue weighted by molar-refractivity contribution is 5.87. The zero-order valence-electron chi connectivity index (χ0n) is 19.1. The predicted octanol–water partition coefficient (Wildman–Crippen LogP) is 7.02. The Morgan fingerprint density at radius 3 is 2.62 bits per heavy atom. The Morgan fingerprint density at radius 1 is 1.09 bits per heavy atom. The lowest BCUT2D eigenvalue weighted by Crippen LogP contribution is -2.12. The van der Waals surface area contributed by atoms with Crippen molar-refractivity contribution >= 4 is 16.9 Å². The number of halogens is 3. The first-order valence-electron chi connectivity index (χ1n) is 11.9. The van der Waals surface area contributed by atoms with E-state index in [4.69, 9.17) is 9.47 Å². The second-order valence-electron chi connectivity index (χ2n) is 9.43. The molecule has 1 saturated carbocycles. The number of aromatic nitrogens is 1. The first kappa shape index (κ1) is 22.8. The van der Waals surface area contributed by atoms with Gasteiger partial charge in [-0.2, -0.15) is 13.2 Å². The van der Waals surface area contributed by atoms with Crippen molar-refractivity contribution in [3.8, 4) is 5.75 Å². The first-order chi connectivity index (χ1) is 16.3. The molecule has 1 heterocycles. The summed E-state index contributed by atoms with van der Waals surface area (Å²) in [5, 5.41) is 1.03. The lowest BCUT2D eigenvalue weighted by molar-refractivity contribution is -0.141. The maximum absolute atomic E-state index is 13.8. The van der Waals surface area contributed by atoms with Crippen LogP contribution >= 0.6 is 0 Å². The topological polar surface area (TPSA) is 51.3 Å². The summed E-state index contributed by atoms with van der Waals surface area (Å²) in [6, 6.07) is 10.3. The number of hydrogen-bond acceptors (Lipinski definition) is 3. The molecule has 1 atom stereocenters. The van der Waals surface area contributed by atoms with Crippen LogP contribution in [0.2, 0.25) is 0 Å². The van der Waals surface area contributed by atoms with Crippen molar-refractivity contribution in [3.63, 3.8) is 0 Å². The zero-order valence-corrected chi connectivity index (χ0v) is 19.1. The standard InChI is InChI=1S/C27H28F3NO3/c1-33-25(32)13-18-7-10-21-22-14-19(8-11-24(22)31-26(18)21)34-15-16-6-9-20(17-4-2-3-5-17)23(12-16)27(28,29)30/h6,8-9,11-12,14,17-18,31H,2-5,7,10,13,15H2,1H3/t18-/m1/s1. The van der Waals surface area contributed by atoms with Gasteiger partial charge in [-0.05, 0) is 72.6 Å². The minimum absolute atomic E-state index is 0.00676. The van der Waals surface area contributed by atoms with Crippen LogP contribution in [0, 0.1) is 0 Å². The average molecular weight is 472 g/mol. The minimum atomic E-state index is -4.38. The maximum atomic E-state index is 13.8. The summed E-state index contributed by atoms with van der Waals surface area (Å²) in [5.41, 5.74) is 3.60. The Morgan fingerprint density at radius 2 is 1.88 bits per heavy atom. The Hall–Kier alpha value is -2.96. The highest BCUT2D eigenvalue weighted by atomic mass is 19.4. The van der Waals surface area contributed by atoms with Crippen molar-refractivity contribution in [2.45, 2.75) is 69.6 Å². The number of aryl methyl sites for hydroxylation is 1. The van der Waals surface area contributed by atoms with Gasteiger partial charge in [0.05, 0.1) is 19.1 Å². The molecule has 34 heavy (non-hydrogen) atoms. The number of carbonyl (C=O) groups is 1. The van der Waals surface area contributed by atoms with Crippen molar-refractivity contribution in [2.24, 2.45) is 0 Å². The Balaban J connectivity index is 1.35. The summed E-state index contributed by atoms with van der Waals surface area (Å²) >= 11 is 0. The molecular weight excluding hydrogens is 443 g/mol. The van der Waals surface area contributed by atoms with Crippen LogP contribution in [-0.4, -0.2) is 18.1 Å². The number of alkyl halides is 3. The summed E-state index contributed by atoms with van der Waals surface area (Å²) in [4.78, 5) is 15.1. The van der Waals surface area contributed by atoms with Crippen molar-refractivity contribution in [3.05, 3.63) is 64.3 Å². The van der Waals surface area contributed by atoms with Gasteiger partial charge in [-0.15, -0.1) is 0 Å². The number of aromatic amines is 1. The number of fused-ring (bicyclic) bond motifs is 3. The molecule has 7 heteroatoms. The van der Waals surface area contributed by atoms with Crippen molar-refractivity contribution in [2.75, 3.05) is 7.11 Å². The van der Waals surface area contributed by atoms with Gasteiger partial charge in [0.2, 0.25) is 0 Å². The van der Waals surface area contributed by atoms with E-state index in [1.807, 2.05) is 18.2 Å². The van der Waals surface area contributed by atoms with Gasteiger partial charge in [0.25, 0.3) is 0 Å². The summed E-state index contributed by atoms with van der Waals surface area (Å²) in [7, 11) is 1.40. The number of rotatable bonds is 6. The van der Waals surface area contributed by atoms with Gasteiger partial charge in [0.15, 0.2) is 0 Å². The molecule has 2 aliphatic carbocycles. The van der Waals surface area contributed by atoms with Gasteiger partial charge in [-0.3, -0.25) is 4.79 Å². The van der Waals surface area contributed by atoms with E-state index in [1.165, 1.54) is 18.7 Å². The summed E-state index contributed by atoms with van der Waals surface area (Å²) in [6.45, 7) is 0.0666. The minimum Gasteiger partial charge on any atom is -0.489 e. The number of esters is 1. The zero-order chi connectivity index (χ0) is 23.9. The van der Waals surface area contributed by atoms with Gasteiger partial charge in [-0.25, -0.2) is 0 Å². The van der Waals surface area contributed by atoms with Crippen LogP contribution < -0.4 is 4.74 Å². The average Bonchev–Trinajstić information content (AvgIpc) is 3.55. The molecule has 3 aromatic rings. The quantitative estimate of drug-likeness (QED) is 0.393. The van der Waals surface area contributed by atoms with E-state index >= 15 is 0 Å². The monoisotopic (exact) mass is 471 g/mol. The van der Waals surface area contributed by atoms with E-state index in [1.54, 1.807) is 12.1 Å². The second-order valence-corrected chi connectivity index (χ2v) is 9.43. The number of methoxy groups -OCH3 is 1. The third-order valence-corrected chi connectivity index (χ3v) is 7.33. The van der Waals surface area contributed by atoms with Crippen molar-refractivity contribution in [1.29, 1.82) is 0 Å². The molecular formula is C27H28F3NO3. The molecule has 4 nitrogen and oxygen atoms in total. The van der Waals surface area contributed by atoms with E-state index in [0.717, 1.165) is 55.1 Å². The molecule has 0 spiro atoms. The normalized spacial score (nSPS) is 18.4. The van der Waals surface area contributed by atoms with E-state index in [2.05, 4.69) is 4.98 Å². The third kappa shape index (κ3) is 4.40. The molecule has 2 aliphatic rings. The molecule has 1 aromatic heterocycles. The Kier molecular flexibility index (Phi) is 6.04. The van der Waals surface area contributed by atoms with Crippen LogP contribution in [0.25, 0.3) is 10.9 Å². The molecule has 180 valence electrons. The molecule has 0 aliphatic heterocycles. The number of hydrogen-bond donors (Lipinski definition) is 1. The molecule has 0 unspecified atom stereocenters. The number of nitrogens with one attached hydrogen (secondary N) is 1. The largest absolute Gasteiger partial charge is 0.489 e. The fourth-order valence-electron chi connectivity index (χ4n) is 5.60. The van der Waals surface area contributed by atoms with E-state index < -0.39 is 11.7 Å². The molecule has 5 rings (SSSR count). The third-order valence-electron chi connectivity index (χ3n) is 7.33. The van der Waals surface area contributed by atoms with Crippen molar-refractivity contribution in [1.82, 2.24) is 4.98 Å². The lowest BCUT2D eigenvalue weighted by atomic mass is 9.91. The fourth-order valence-corrected chi connectivity index (χ4v) is 5.60. The second kappa shape index (κ2) is 9.01. The highest BCUT2D eigenvalue weighted by Gasteiger charge is 2.36. The van der Waals surface area contributed by atoms with Crippen molar-refractivity contribution < 1.29 is 27.4 Å². The molecule has 0 amide bonds. The van der Waals surface area contributed by atoms with Crippen LogP contribution in [0.5, 0.6) is 5.75 Å². The summed E-state index contributed by atoms with van der Waals surface area (Å²) in [6.07, 6.45) is 1.32. The van der Waals surface area contributed by atoms with E-state index in [-0.39, 0.29) is 24.4 Å². The predicted molar refractivity (Wildman–Crippen MR) is 123 cm³/mol. The number of carbonyl (C=O) groups excluding carboxylic acids is 1. The van der Waals surface area contributed by atoms with Gasteiger partial charge in [0, 0.05) is 22.5 Å². The fraction of sp³-hybridized carbons (Fsp3) is 0.444. The maximum Gasteiger partial charge on any atom is 0.416 e.